The van der Waals surface area contributed by atoms with Gasteiger partial charge in [0.05, 0.1) is 6.54 Å². The summed E-state index contributed by atoms with van der Waals surface area (Å²) in [5, 5.41) is 9.49. The van der Waals surface area contributed by atoms with Gasteiger partial charge in [-0.15, -0.1) is 10.2 Å². The zero-order valence-electron chi connectivity index (χ0n) is 10.9. The van der Waals surface area contributed by atoms with E-state index in [0.717, 1.165) is 23.8 Å². The summed E-state index contributed by atoms with van der Waals surface area (Å²) in [5.74, 6) is 1.98. The van der Waals surface area contributed by atoms with Crippen molar-refractivity contribution in [2.45, 2.75) is 26.9 Å². The van der Waals surface area contributed by atoms with Crippen LogP contribution in [0.5, 0.6) is 0 Å². The average molecular weight is 299 g/mol. The highest BCUT2D eigenvalue weighted by atomic mass is 35.5. The van der Waals surface area contributed by atoms with Crippen LogP contribution in [-0.2, 0) is 13.1 Å². The Morgan fingerprint density at radius 2 is 1.79 bits per heavy atom. The third-order valence-electron chi connectivity index (χ3n) is 2.68. The lowest BCUT2D eigenvalue weighted by Crippen LogP contribution is -2.13. The lowest BCUT2D eigenvalue weighted by Gasteiger charge is -2.12. The highest BCUT2D eigenvalue weighted by molar-refractivity contribution is 6.35. The molecule has 0 aliphatic carbocycles. The van der Waals surface area contributed by atoms with E-state index in [9.17, 15) is 0 Å². The quantitative estimate of drug-likeness (QED) is 0.941. The summed E-state index contributed by atoms with van der Waals surface area (Å²) in [5.41, 5.74) is 6.55. The SMILES string of the molecule is CC(C)Cn1c(CN)nnc1-c1cc(Cl)cc(Cl)c1. The van der Waals surface area contributed by atoms with Crippen LogP contribution >= 0.6 is 23.2 Å². The molecule has 0 bridgehead atoms. The number of hydrogen-bond donors (Lipinski definition) is 1. The number of nitrogens with two attached hydrogens (primary N) is 1. The first-order valence-electron chi connectivity index (χ1n) is 6.10. The van der Waals surface area contributed by atoms with E-state index in [2.05, 4.69) is 24.0 Å². The van der Waals surface area contributed by atoms with Gasteiger partial charge in [-0.1, -0.05) is 37.0 Å². The number of rotatable bonds is 4. The molecule has 0 aliphatic heterocycles. The number of aromatic nitrogens is 3. The van der Waals surface area contributed by atoms with E-state index >= 15 is 0 Å². The molecule has 6 heteroatoms. The Balaban J connectivity index is 2.51. The van der Waals surface area contributed by atoms with Gasteiger partial charge in [0.2, 0.25) is 0 Å². The molecule has 0 amide bonds. The minimum absolute atomic E-state index is 0.355. The molecule has 2 N–H and O–H groups in total. The zero-order valence-corrected chi connectivity index (χ0v) is 12.4. The lowest BCUT2D eigenvalue weighted by atomic mass is 10.2. The Hall–Kier alpha value is -1.10. The van der Waals surface area contributed by atoms with Crippen LogP contribution in [0.2, 0.25) is 10.0 Å². The molecule has 102 valence electrons. The monoisotopic (exact) mass is 298 g/mol. The van der Waals surface area contributed by atoms with Crippen molar-refractivity contribution in [3.8, 4) is 11.4 Å². The lowest BCUT2D eigenvalue weighted by molar-refractivity contribution is 0.510. The molecule has 0 aliphatic rings. The summed E-state index contributed by atoms with van der Waals surface area (Å²) >= 11 is 12.1. The van der Waals surface area contributed by atoms with Crippen molar-refractivity contribution in [1.82, 2.24) is 14.8 Å². The number of halogens is 2. The van der Waals surface area contributed by atoms with Gasteiger partial charge in [-0.2, -0.15) is 0 Å². The maximum atomic E-state index is 6.03. The molecule has 0 spiro atoms. The van der Waals surface area contributed by atoms with Gasteiger partial charge in [0.15, 0.2) is 5.82 Å². The second-order valence-corrected chi connectivity index (χ2v) is 5.68. The van der Waals surface area contributed by atoms with Crippen molar-refractivity contribution in [1.29, 1.82) is 0 Å². The molecule has 1 aromatic heterocycles. The topological polar surface area (TPSA) is 56.7 Å². The molecule has 2 rings (SSSR count). The summed E-state index contributed by atoms with van der Waals surface area (Å²) in [6, 6.07) is 5.35. The van der Waals surface area contributed by atoms with Crippen molar-refractivity contribution in [2.75, 3.05) is 0 Å². The number of nitrogens with zero attached hydrogens (tertiary/aromatic N) is 3. The first-order valence-corrected chi connectivity index (χ1v) is 6.85. The Morgan fingerprint density at radius 3 is 2.32 bits per heavy atom. The van der Waals surface area contributed by atoms with Crippen LogP contribution in [-0.4, -0.2) is 14.8 Å². The van der Waals surface area contributed by atoms with Crippen LogP contribution in [0.1, 0.15) is 19.7 Å². The fourth-order valence-electron chi connectivity index (χ4n) is 1.94. The molecule has 0 saturated heterocycles. The molecule has 0 radical (unpaired) electrons. The van der Waals surface area contributed by atoms with Gasteiger partial charge in [-0.05, 0) is 24.1 Å². The molecule has 4 nitrogen and oxygen atoms in total. The minimum atomic E-state index is 0.355. The smallest absolute Gasteiger partial charge is 0.164 e. The summed E-state index contributed by atoms with van der Waals surface area (Å²) in [7, 11) is 0. The molecular formula is C13H16Cl2N4. The van der Waals surface area contributed by atoms with Crippen LogP contribution < -0.4 is 5.73 Å². The fraction of sp³-hybridized carbons (Fsp3) is 0.385. The Kier molecular flexibility index (Phi) is 4.45. The first kappa shape index (κ1) is 14.3. The second-order valence-electron chi connectivity index (χ2n) is 4.81. The van der Waals surface area contributed by atoms with Gasteiger partial charge in [-0.25, -0.2) is 0 Å². The van der Waals surface area contributed by atoms with Crippen molar-refractivity contribution in [3.05, 3.63) is 34.1 Å². The summed E-state index contributed by atoms with van der Waals surface area (Å²) < 4.78 is 2.02. The van der Waals surface area contributed by atoms with Gasteiger partial charge >= 0.3 is 0 Å². The predicted octanol–water partition coefficient (Wildman–Crippen LogP) is 3.37. The van der Waals surface area contributed by atoms with Gasteiger partial charge in [0, 0.05) is 22.2 Å². The molecule has 0 fully saturated rings. The molecule has 0 unspecified atom stereocenters. The fourth-order valence-corrected chi connectivity index (χ4v) is 2.47. The molecule has 19 heavy (non-hydrogen) atoms. The van der Waals surface area contributed by atoms with Crippen LogP contribution in [0.15, 0.2) is 18.2 Å². The number of hydrogen-bond acceptors (Lipinski definition) is 3. The third-order valence-corrected chi connectivity index (χ3v) is 3.11. The van der Waals surface area contributed by atoms with Crippen LogP contribution in [0, 0.1) is 5.92 Å². The van der Waals surface area contributed by atoms with Crippen LogP contribution in [0.4, 0.5) is 0 Å². The summed E-state index contributed by atoms with van der Waals surface area (Å²) in [6.45, 7) is 5.43. The van der Waals surface area contributed by atoms with E-state index in [0.29, 0.717) is 22.5 Å². The normalized spacial score (nSPS) is 11.3. The molecule has 1 aromatic carbocycles. The maximum absolute atomic E-state index is 6.03. The van der Waals surface area contributed by atoms with E-state index in [1.54, 1.807) is 6.07 Å². The molecule has 2 aromatic rings. The van der Waals surface area contributed by atoms with E-state index in [1.807, 2.05) is 16.7 Å². The van der Waals surface area contributed by atoms with Gasteiger partial charge in [0.25, 0.3) is 0 Å². The largest absolute Gasteiger partial charge is 0.324 e. The molecule has 0 saturated carbocycles. The van der Waals surface area contributed by atoms with Crippen molar-refractivity contribution in [3.63, 3.8) is 0 Å². The minimum Gasteiger partial charge on any atom is -0.324 e. The van der Waals surface area contributed by atoms with Crippen molar-refractivity contribution >= 4 is 23.2 Å². The highest BCUT2D eigenvalue weighted by Gasteiger charge is 2.14. The Morgan fingerprint density at radius 1 is 1.16 bits per heavy atom. The van der Waals surface area contributed by atoms with E-state index in [4.69, 9.17) is 28.9 Å². The van der Waals surface area contributed by atoms with Crippen LogP contribution in [0.25, 0.3) is 11.4 Å². The summed E-state index contributed by atoms with van der Waals surface area (Å²) in [6.07, 6.45) is 0. The average Bonchev–Trinajstić information content (AvgIpc) is 2.69. The molecular weight excluding hydrogens is 283 g/mol. The van der Waals surface area contributed by atoms with Crippen molar-refractivity contribution < 1.29 is 0 Å². The molecule has 0 atom stereocenters. The van der Waals surface area contributed by atoms with E-state index < -0.39 is 0 Å². The maximum Gasteiger partial charge on any atom is 0.164 e. The van der Waals surface area contributed by atoms with Gasteiger partial charge in [-0.3, -0.25) is 0 Å². The van der Waals surface area contributed by atoms with Gasteiger partial charge in [0.1, 0.15) is 5.82 Å². The Labute approximate surface area is 122 Å². The summed E-state index contributed by atoms with van der Waals surface area (Å²) in [4.78, 5) is 0. The zero-order chi connectivity index (χ0) is 14.0. The third kappa shape index (κ3) is 3.26. The Bertz CT molecular complexity index is 558. The molecule has 1 heterocycles. The van der Waals surface area contributed by atoms with Crippen LogP contribution in [0.3, 0.4) is 0 Å². The van der Waals surface area contributed by atoms with E-state index in [1.165, 1.54) is 0 Å². The predicted molar refractivity (Wildman–Crippen MR) is 78.2 cm³/mol. The first-order chi connectivity index (χ1) is 9.01. The van der Waals surface area contributed by atoms with Crippen molar-refractivity contribution in [2.24, 2.45) is 11.7 Å². The standard InChI is InChI=1S/C13H16Cl2N4/c1-8(2)7-19-12(6-16)17-18-13(19)9-3-10(14)5-11(15)4-9/h3-5,8H,6-7,16H2,1-2H3. The highest BCUT2D eigenvalue weighted by Crippen LogP contribution is 2.27. The second kappa shape index (κ2) is 5.90. The van der Waals surface area contributed by atoms with E-state index in [-0.39, 0.29) is 0 Å². The number of benzene rings is 1. The van der Waals surface area contributed by atoms with Gasteiger partial charge < -0.3 is 10.3 Å².